The Bertz CT molecular complexity index is 371. The molecule has 0 amide bonds. The lowest BCUT2D eigenvalue weighted by molar-refractivity contribution is -0.385. The number of rotatable bonds is 4. The number of nitro groups is 1. The standard InChI is InChI=1S/C10H9NO3/c12-8-4-3-6-9-5-1-2-7-10(9)11(13)14/h1-3,5-8H,4H2/b6-3+. The molecule has 0 aliphatic carbocycles. The van der Waals surface area contributed by atoms with Crippen molar-refractivity contribution in [1.82, 2.24) is 0 Å². The number of nitro benzene ring substituents is 1. The van der Waals surface area contributed by atoms with Crippen LogP contribution in [0.5, 0.6) is 0 Å². The smallest absolute Gasteiger partial charge is 0.276 e. The number of para-hydroxylation sites is 1. The Morgan fingerprint density at radius 1 is 1.36 bits per heavy atom. The Balaban J connectivity index is 2.95. The molecule has 0 saturated carbocycles. The van der Waals surface area contributed by atoms with Crippen LogP contribution in [0.1, 0.15) is 12.0 Å². The van der Waals surface area contributed by atoms with E-state index in [1.807, 2.05) is 0 Å². The number of carbonyl (C=O) groups excluding carboxylic acids is 1. The molecule has 1 aromatic rings. The molecule has 0 saturated heterocycles. The van der Waals surface area contributed by atoms with E-state index in [9.17, 15) is 14.9 Å². The molecule has 0 fully saturated rings. The first-order valence-electron chi connectivity index (χ1n) is 4.09. The topological polar surface area (TPSA) is 60.2 Å². The Morgan fingerprint density at radius 3 is 2.71 bits per heavy atom. The van der Waals surface area contributed by atoms with Crippen LogP contribution in [-0.2, 0) is 4.79 Å². The van der Waals surface area contributed by atoms with Gasteiger partial charge >= 0.3 is 0 Å². The average molecular weight is 191 g/mol. The van der Waals surface area contributed by atoms with E-state index in [4.69, 9.17) is 0 Å². The fourth-order valence-electron chi connectivity index (χ4n) is 1.05. The van der Waals surface area contributed by atoms with E-state index in [1.54, 1.807) is 30.4 Å². The third kappa shape index (κ3) is 2.52. The normalized spacial score (nSPS) is 10.3. The predicted molar refractivity (Wildman–Crippen MR) is 52.8 cm³/mol. The molecule has 0 aliphatic heterocycles. The van der Waals surface area contributed by atoms with Crippen molar-refractivity contribution < 1.29 is 9.72 Å². The van der Waals surface area contributed by atoms with Gasteiger partial charge in [0.15, 0.2) is 0 Å². The highest BCUT2D eigenvalue weighted by molar-refractivity contribution is 5.63. The third-order valence-corrected chi connectivity index (χ3v) is 1.66. The number of aldehydes is 1. The summed E-state index contributed by atoms with van der Waals surface area (Å²) in [6.45, 7) is 0. The molecule has 4 nitrogen and oxygen atoms in total. The monoisotopic (exact) mass is 191 g/mol. The number of allylic oxidation sites excluding steroid dienone is 1. The van der Waals surface area contributed by atoms with Crippen LogP contribution in [0.3, 0.4) is 0 Å². The maximum absolute atomic E-state index is 10.6. The largest absolute Gasteiger partial charge is 0.303 e. The van der Waals surface area contributed by atoms with Gasteiger partial charge in [0.1, 0.15) is 6.29 Å². The molecule has 1 rings (SSSR count). The van der Waals surface area contributed by atoms with Gasteiger partial charge in [0.05, 0.1) is 10.5 Å². The van der Waals surface area contributed by atoms with Gasteiger partial charge in [-0.3, -0.25) is 10.1 Å². The highest BCUT2D eigenvalue weighted by Crippen LogP contribution is 2.18. The summed E-state index contributed by atoms with van der Waals surface area (Å²) in [5.74, 6) is 0. The molecule has 0 N–H and O–H groups in total. The summed E-state index contributed by atoms with van der Waals surface area (Å²) in [7, 11) is 0. The summed E-state index contributed by atoms with van der Waals surface area (Å²) < 4.78 is 0. The maximum atomic E-state index is 10.6. The molecule has 1 aromatic carbocycles. The Morgan fingerprint density at radius 2 is 2.07 bits per heavy atom. The van der Waals surface area contributed by atoms with Gasteiger partial charge in [-0.25, -0.2) is 0 Å². The average Bonchev–Trinajstić information content (AvgIpc) is 2.19. The molecule has 0 bridgehead atoms. The van der Waals surface area contributed by atoms with Crippen molar-refractivity contribution in [3.05, 3.63) is 46.0 Å². The summed E-state index contributed by atoms with van der Waals surface area (Å²) in [6.07, 6.45) is 4.18. The van der Waals surface area contributed by atoms with E-state index in [0.717, 1.165) is 6.29 Å². The molecule has 0 unspecified atom stereocenters. The van der Waals surface area contributed by atoms with E-state index < -0.39 is 4.92 Å². The summed E-state index contributed by atoms with van der Waals surface area (Å²) in [5, 5.41) is 10.6. The minimum absolute atomic E-state index is 0.0506. The van der Waals surface area contributed by atoms with Crippen molar-refractivity contribution in [1.29, 1.82) is 0 Å². The molecule has 14 heavy (non-hydrogen) atoms. The minimum Gasteiger partial charge on any atom is -0.303 e. The van der Waals surface area contributed by atoms with E-state index in [2.05, 4.69) is 0 Å². The van der Waals surface area contributed by atoms with Gasteiger partial charge in [0, 0.05) is 12.5 Å². The lowest BCUT2D eigenvalue weighted by atomic mass is 10.1. The molecule has 0 radical (unpaired) electrons. The zero-order valence-electron chi connectivity index (χ0n) is 7.42. The second kappa shape index (κ2) is 4.91. The Hall–Kier alpha value is -1.97. The quantitative estimate of drug-likeness (QED) is 0.416. The van der Waals surface area contributed by atoms with Gasteiger partial charge in [-0.1, -0.05) is 24.3 Å². The zero-order valence-corrected chi connectivity index (χ0v) is 7.42. The minimum atomic E-state index is -0.444. The van der Waals surface area contributed by atoms with Crippen molar-refractivity contribution in [2.45, 2.75) is 6.42 Å². The second-order valence-electron chi connectivity index (χ2n) is 2.62. The van der Waals surface area contributed by atoms with E-state index >= 15 is 0 Å². The first-order chi connectivity index (χ1) is 6.75. The first-order valence-corrected chi connectivity index (χ1v) is 4.09. The maximum Gasteiger partial charge on any atom is 0.276 e. The number of hydrogen-bond acceptors (Lipinski definition) is 3. The molecule has 0 atom stereocenters. The summed E-state index contributed by atoms with van der Waals surface area (Å²) in [6, 6.07) is 6.39. The first kappa shape index (κ1) is 10.1. The van der Waals surface area contributed by atoms with Crippen LogP contribution in [0, 0.1) is 10.1 Å². The van der Waals surface area contributed by atoms with Gasteiger partial charge in [0.2, 0.25) is 0 Å². The van der Waals surface area contributed by atoms with Gasteiger partial charge < -0.3 is 4.79 Å². The fraction of sp³-hybridized carbons (Fsp3) is 0.100. The van der Waals surface area contributed by atoms with Crippen LogP contribution >= 0.6 is 0 Å². The molecular formula is C10H9NO3. The highest BCUT2D eigenvalue weighted by atomic mass is 16.6. The molecule has 0 aliphatic rings. The molecule has 0 spiro atoms. The van der Waals surface area contributed by atoms with Crippen molar-refractivity contribution >= 4 is 18.0 Å². The van der Waals surface area contributed by atoms with Gasteiger partial charge in [-0.2, -0.15) is 0 Å². The van der Waals surface area contributed by atoms with Crippen LogP contribution < -0.4 is 0 Å². The summed E-state index contributed by atoms with van der Waals surface area (Å²) in [5.41, 5.74) is 0.564. The van der Waals surface area contributed by atoms with Gasteiger partial charge in [-0.05, 0) is 6.07 Å². The van der Waals surface area contributed by atoms with E-state index in [0.29, 0.717) is 5.56 Å². The molecule has 0 aromatic heterocycles. The van der Waals surface area contributed by atoms with Gasteiger partial charge in [0.25, 0.3) is 5.69 Å². The second-order valence-corrected chi connectivity index (χ2v) is 2.62. The van der Waals surface area contributed by atoms with Crippen molar-refractivity contribution in [3.8, 4) is 0 Å². The Labute approximate surface area is 81.0 Å². The number of carbonyl (C=O) groups is 1. The van der Waals surface area contributed by atoms with Crippen molar-refractivity contribution in [2.24, 2.45) is 0 Å². The van der Waals surface area contributed by atoms with Crippen LogP contribution in [0.2, 0.25) is 0 Å². The molecular weight excluding hydrogens is 182 g/mol. The van der Waals surface area contributed by atoms with Crippen LogP contribution in [0.25, 0.3) is 6.08 Å². The van der Waals surface area contributed by atoms with Crippen molar-refractivity contribution in [2.75, 3.05) is 0 Å². The Kier molecular flexibility index (Phi) is 3.55. The third-order valence-electron chi connectivity index (χ3n) is 1.66. The predicted octanol–water partition coefficient (Wildman–Crippen LogP) is 2.20. The molecule has 72 valence electrons. The summed E-state index contributed by atoms with van der Waals surface area (Å²) >= 11 is 0. The van der Waals surface area contributed by atoms with Gasteiger partial charge in [-0.15, -0.1) is 0 Å². The SMILES string of the molecule is O=CC/C=C/c1ccccc1[N+](=O)[O-]. The fourth-order valence-corrected chi connectivity index (χ4v) is 1.05. The van der Waals surface area contributed by atoms with E-state index in [1.165, 1.54) is 6.07 Å². The number of hydrogen-bond donors (Lipinski definition) is 0. The van der Waals surface area contributed by atoms with Crippen LogP contribution in [-0.4, -0.2) is 11.2 Å². The molecule has 4 heteroatoms. The number of nitrogens with zero attached hydrogens (tertiary/aromatic N) is 1. The lowest BCUT2D eigenvalue weighted by Crippen LogP contribution is -1.90. The highest BCUT2D eigenvalue weighted by Gasteiger charge is 2.08. The summed E-state index contributed by atoms with van der Waals surface area (Å²) in [4.78, 5) is 20.1. The lowest BCUT2D eigenvalue weighted by Gasteiger charge is -1.95. The van der Waals surface area contributed by atoms with E-state index in [-0.39, 0.29) is 12.1 Å². The van der Waals surface area contributed by atoms with Crippen LogP contribution in [0.4, 0.5) is 5.69 Å². The van der Waals surface area contributed by atoms with Crippen LogP contribution in [0.15, 0.2) is 30.3 Å². The van der Waals surface area contributed by atoms with Crippen molar-refractivity contribution in [3.63, 3.8) is 0 Å². The zero-order chi connectivity index (χ0) is 10.4. The number of benzene rings is 1. The molecule has 0 heterocycles.